The summed E-state index contributed by atoms with van der Waals surface area (Å²) in [5, 5.41) is 11.3. The Kier molecular flexibility index (Phi) is 8.20. The average molecular weight is 201 g/mol. The Labute approximate surface area is 88.7 Å². The van der Waals surface area contributed by atoms with Crippen molar-refractivity contribution in [2.24, 2.45) is 0 Å². The van der Waals surface area contributed by atoms with Crippen LogP contribution in [0.4, 0.5) is 0 Å². The summed E-state index contributed by atoms with van der Waals surface area (Å²) in [5.41, 5.74) is -0.731. The van der Waals surface area contributed by atoms with E-state index >= 15 is 0 Å². The van der Waals surface area contributed by atoms with Crippen molar-refractivity contribution in [1.29, 1.82) is 0 Å². The molecule has 0 rings (SSSR count). The molecular formula is C12H25O2. The number of ether oxygens (including phenoxy) is 1. The number of unbranched alkanes of at least 4 members (excludes halogenated alkanes) is 4. The molecule has 0 saturated heterocycles. The van der Waals surface area contributed by atoms with Gasteiger partial charge in [-0.1, -0.05) is 25.7 Å². The van der Waals surface area contributed by atoms with E-state index in [2.05, 4.69) is 0 Å². The highest BCUT2D eigenvalue weighted by atomic mass is 16.5. The summed E-state index contributed by atoms with van der Waals surface area (Å²) >= 11 is 0. The minimum atomic E-state index is -0.731. The van der Waals surface area contributed by atoms with Crippen LogP contribution in [0.3, 0.4) is 0 Å². The highest BCUT2D eigenvalue weighted by Crippen LogP contribution is 2.14. The van der Waals surface area contributed by atoms with Crippen LogP contribution in [0.2, 0.25) is 0 Å². The molecule has 0 fully saturated rings. The molecule has 0 aromatic heterocycles. The molecule has 0 aromatic carbocycles. The first-order valence-electron chi connectivity index (χ1n) is 5.84. The smallest absolute Gasteiger partial charge is 0.0980 e. The van der Waals surface area contributed by atoms with E-state index in [1.807, 2.05) is 6.92 Å². The van der Waals surface area contributed by atoms with E-state index in [9.17, 15) is 5.11 Å². The Balaban J connectivity index is 2.99. The standard InChI is InChI=1S/C12H25O2/c1-4-14-11-9-7-5-6-8-10-12(2,3)13/h4-11H2,1-3H3. The molecule has 0 aliphatic carbocycles. The van der Waals surface area contributed by atoms with Gasteiger partial charge in [0, 0.05) is 13.2 Å². The molecular weight excluding hydrogens is 176 g/mol. The van der Waals surface area contributed by atoms with Crippen LogP contribution in [0, 0.1) is 0 Å². The summed E-state index contributed by atoms with van der Waals surface area (Å²) in [7, 11) is 0. The lowest BCUT2D eigenvalue weighted by molar-refractivity contribution is -0.00514. The van der Waals surface area contributed by atoms with Gasteiger partial charge in [-0.25, -0.2) is 5.11 Å². The van der Waals surface area contributed by atoms with E-state index in [-0.39, 0.29) is 0 Å². The SMILES string of the molecule is CCOCCCCCCCC(C)(C)[O]. The van der Waals surface area contributed by atoms with Crippen LogP contribution in [0.5, 0.6) is 0 Å². The number of hydrogen-bond donors (Lipinski definition) is 0. The maximum absolute atomic E-state index is 11.3. The van der Waals surface area contributed by atoms with Gasteiger partial charge in [0.05, 0.1) is 5.60 Å². The molecule has 0 spiro atoms. The van der Waals surface area contributed by atoms with Crippen molar-refractivity contribution in [1.82, 2.24) is 0 Å². The molecule has 1 radical (unpaired) electrons. The minimum absolute atomic E-state index is 0.731. The third kappa shape index (κ3) is 11.9. The Hall–Kier alpha value is -0.0800. The Bertz CT molecular complexity index is 116. The lowest BCUT2D eigenvalue weighted by Gasteiger charge is -2.13. The van der Waals surface area contributed by atoms with Gasteiger partial charge in [0.2, 0.25) is 0 Å². The van der Waals surface area contributed by atoms with Crippen LogP contribution < -0.4 is 0 Å². The summed E-state index contributed by atoms with van der Waals surface area (Å²) in [6.07, 6.45) is 6.71. The predicted molar refractivity (Wildman–Crippen MR) is 59.0 cm³/mol. The van der Waals surface area contributed by atoms with Gasteiger partial charge in [-0.15, -0.1) is 0 Å². The van der Waals surface area contributed by atoms with E-state index in [1.165, 1.54) is 19.3 Å². The van der Waals surface area contributed by atoms with Gasteiger partial charge in [-0.3, -0.25) is 0 Å². The molecule has 0 N–H and O–H groups in total. The summed E-state index contributed by atoms with van der Waals surface area (Å²) < 4.78 is 5.24. The highest BCUT2D eigenvalue weighted by Gasteiger charge is 2.13. The Morgan fingerprint density at radius 1 is 1.00 bits per heavy atom. The van der Waals surface area contributed by atoms with Crippen LogP contribution in [0.1, 0.15) is 59.3 Å². The molecule has 0 aliphatic rings. The van der Waals surface area contributed by atoms with Crippen molar-refractivity contribution >= 4 is 0 Å². The quantitative estimate of drug-likeness (QED) is 0.524. The zero-order valence-corrected chi connectivity index (χ0v) is 9.97. The van der Waals surface area contributed by atoms with Gasteiger partial charge in [-0.2, -0.15) is 0 Å². The molecule has 14 heavy (non-hydrogen) atoms. The summed E-state index contributed by atoms with van der Waals surface area (Å²) in [6, 6.07) is 0. The lowest BCUT2D eigenvalue weighted by atomic mass is 10.00. The summed E-state index contributed by atoms with van der Waals surface area (Å²) in [6.45, 7) is 7.27. The van der Waals surface area contributed by atoms with Gasteiger partial charge in [-0.05, 0) is 33.6 Å². The normalized spacial score (nSPS) is 12.0. The molecule has 2 nitrogen and oxygen atoms in total. The zero-order chi connectivity index (χ0) is 10.9. The molecule has 2 heteroatoms. The van der Waals surface area contributed by atoms with E-state index in [0.717, 1.165) is 32.5 Å². The second-order valence-corrected chi connectivity index (χ2v) is 4.47. The van der Waals surface area contributed by atoms with Crippen molar-refractivity contribution in [2.75, 3.05) is 13.2 Å². The first-order chi connectivity index (χ1) is 6.56. The van der Waals surface area contributed by atoms with E-state index < -0.39 is 5.60 Å². The van der Waals surface area contributed by atoms with Gasteiger partial charge in [0.15, 0.2) is 0 Å². The molecule has 0 bridgehead atoms. The molecule has 0 amide bonds. The van der Waals surface area contributed by atoms with Crippen molar-refractivity contribution in [3.8, 4) is 0 Å². The predicted octanol–water partition coefficient (Wildman–Crippen LogP) is 3.57. The van der Waals surface area contributed by atoms with E-state index in [1.54, 1.807) is 13.8 Å². The monoisotopic (exact) mass is 201 g/mol. The van der Waals surface area contributed by atoms with Gasteiger partial charge >= 0.3 is 0 Å². The van der Waals surface area contributed by atoms with Gasteiger partial charge in [0.25, 0.3) is 0 Å². The van der Waals surface area contributed by atoms with Gasteiger partial charge in [0.1, 0.15) is 0 Å². The average Bonchev–Trinajstić information content (AvgIpc) is 2.08. The highest BCUT2D eigenvalue weighted by molar-refractivity contribution is 4.63. The second-order valence-electron chi connectivity index (χ2n) is 4.47. The molecule has 0 saturated carbocycles. The van der Waals surface area contributed by atoms with Crippen molar-refractivity contribution in [3.05, 3.63) is 0 Å². The third-order valence-electron chi connectivity index (χ3n) is 2.27. The van der Waals surface area contributed by atoms with Crippen LogP contribution >= 0.6 is 0 Å². The minimum Gasteiger partial charge on any atom is -0.382 e. The molecule has 0 heterocycles. The molecule has 0 aromatic rings. The molecule has 0 atom stereocenters. The number of hydrogen-bond acceptors (Lipinski definition) is 1. The molecule has 0 aliphatic heterocycles. The fourth-order valence-corrected chi connectivity index (χ4v) is 1.43. The fourth-order valence-electron chi connectivity index (χ4n) is 1.43. The van der Waals surface area contributed by atoms with Gasteiger partial charge < -0.3 is 4.74 Å². The zero-order valence-electron chi connectivity index (χ0n) is 9.97. The van der Waals surface area contributed by atoms with E-state index in [0.29, 0.717) is 0 Å². The first kappa shape index (κ1) is 13.9. The van der Waals surface area contributed by atoms with E-state index in [4.69, 9.17) is 4.74 Å². The van der Waals surface area contributed by atoms with Crippen LogP contribution in [-0.2, 0) is 9.84 Å². The summed E-state index contributed by atoms with van der Waals surface area (Å²) in [5.74, 6) is 0. The number of rotatable bonds is 9. The van der Waals surface area contributed by atoms with Crippen LogP contribution in [0.25, 0.3) is 0 Å². The Morgan fingerprint density at radius 2 is 1.57 bits per heavy atom. The lowest BCUT2D eigenvalue weighted by Crippen LogP contribution is -2.15. The van der Waals surface area contributed by atoms with Crippen molar-refractivity contribution in [3.63, 3.8) is 0 Å². The van der Waals surface area contributed by atoms with Crippen molar-refractivity contribution < 1.29 is 9.84 Å². The largest absolute Gasteiger partial charge is 0.382 e. The molecule has 85 valence electrons. The maximum Gasteiger partial charge on any atom is 0.0980 e. The van der Waals surface area contributed by atoms with Crippen LogP contribution in [0.15, 0.2) is 0 Å². The maximum atomic E-state index is 11.3. The molecule has 0 unspecified atom stereocenters. The van der Waals surface area contributed by atoms with Crippen LogP contribution in [-0.4, -0.2) is 18.8 Å². The summed E-state index contributed by atoms with van der Waals surface area (Å²) in [4.78, 5) is 0. The Morgan fingerprint density at radius 3 is 2.14 bits per heavy atom. The third-order valence-corrected chi connectivity index (χ3v) is 2.27. The first-order valence-corrected chi connectivity index (χ1v) is 5.84. The topological polar surface area (TPSA) is 29.1 Å². The van der Waals surface area contributed by atoms with Crippen molar-refractivity contribution in [2.45, 2.75) is 64.9 Å². The fraction of sp³-hybridized carbons (Fsp3) is 1.00. The second kappa shape index (κ2) is 8.25.